The first-order chi connectivity index (χ1) is 7.93. The highest BCUT2D eigenvalue weighted by Gasteiger charge is 2.20. The minimum absolute atomic E-state index is 0.119. The summed E-state index contributed by atoms with van der Waals surface area (Å²) >= 11 is 0. The van der Waals surface area contributed by atoms with E-state index in [1.807, 2.05) is 6.92 Å². The number of urea groups is 1. The molecule has 0 saturated heterocycles. The Balaban J connectivity index is 4.21. The second kappa shape index (κ2) is 7.86. The highest BCUT2D eigenvalue weighted by atomic mass is 16.5. The van der Waals surface area contributed by atoms with Crippen LogP contribution in [0.4, 0.5) is 4.79 Å². The molecule has 0 aromatic carbocycles. The Bertz CT molecular complexity index is 259. The zero-order valence-electron chi connectivity index (χ0n) is 10.3. The molecule has 0 aromatic heterocycles. The number of aliphatic hydroxyl groups excluding tert-OH is 1. The topological polar surface area (TPSA) is 99.1 Å². The van der Waals surface area contributed by atoms with Gasteiger partial charge >= 0.3 is 12.0 Å². The van der Waals surface area contributed by atoms with Gasteiger partial charge in [-0.3, -0.25) is 0 Å². The fourth-order valence-electron chi connectivity index (χ4n) is 1.36. The molecular weight excluding hydrogens is 228 g/mol. The van der Waals surface area contributed by atoms with E-state index in [-0.39, 0.29) is 12.6 Å². The second-order valence-electron chi connectivity index (χ2n) is 3.63. The lowest BCUT2D eigenvalue weighted by Gasteiger charge is -2.27. The van der Waals surface area contributed by atoms with Crippen LogP contribution in [0, 0.1) is 0 Å². The van der Waals surface area contributed by atoms with Crippen molar-refractivity contribution in [1.29, 1.82) is 0 Å². The summed E-state index contributed by atoms with van der Waals surface area (Å²) in [5.41, 5.74) is 0. The van der Waals surface area contributed by atoms with Crippen molar-refractivity contribution in [2.75, 3.05) is 26.8 Å². The molecule has 0 aliphatic heterocycles. The van der Waals surface area contributed by atoms with Gasteiger partial charge in [0, 0.05) is 13.7 Å². The zero-order valence-corrected chi connectivity index (χ0v) is 10.3. The number of carboxylic acid groups (broad SMARTS) is 1. The normalized spacial score (nSPS) is 13.9. The van der Waals surface area contributed by atoms with Crippen LogP contribution in [0.1, 0.15) is 13.8 Å². The van der Waals surface area contributed by atoms with Crippen LogP contribution in [0.25, 0.3) is 0 Å². The average Bonchev–Trinajstić information content (AvgIpc) is 2.26. The molecule has 100 valence electrons. The van der Waals surface area contributed by atoms with Gasteiger partial charge in [0.05, 0.1) is 19.2 Å². The number of ether oxygens (including phenoxy) is 1. The number of amides is 2. The van der Waals surface area contributed by atoms with E-state index < -0.39 is 18.1 Å². The van der Waals surface area contributed by atoms with Crippen LogP contribution < -0.4 is 5.32 Å². The lowest BCUT2D eigenvalue weighted by molar-refractivity contribution is -0.146. The Kier molecular flexibility index (Phi) is 7.24. The fraction of sp³-hybridized carbons (Fsp3) is 0.800. The fourth-order valence-corrected chi connectivity index (χ4v) is 1.36. The lowest BCUT2D eigenvalue weighted by atomic mass is 10.3. The minimum atomic E-state index is -1.59. The first-order valence-electron chi connectivity index (χ1n) is 5.38. The number of nitrogens with zero attached hydrogens (tertiary/aromatic N) is 1. The molecule has 0 heterocycles. The van der Waals surface area contributed by atoms with Gasteiger partial charge in [0.15, 0.2) is 6.10 Å². The first kappa shape index (κ1) is 15.7. The van der Waals surface area contributed by atoms with Gasteiger partial charge in [0.1, 0.15) is 0 Å². The maximum atomic E-state index is 11.7. The molecule has 0 saturated carbocycles. The Morgan fingerprint density at radius 3 is 2.47 bits per heavy atom. The molecule has 7 heteroatoms. The van der Waals surface area contributed by atoms with Gasteiger partial charge < -0.3 is 25.2 Å². The average molecular weight is 248 g/mol. The molecule has 17 heavy (non-hydrogen) atoms. The summed E-state index contributed by atoms with van der Waals surface area (Å²) in [6.07, 6.45) is -1.59. The predicted octanol–water partition coefficient (Wildman–Crippen LogP) is -0.502. The number of hydrogen-bond donors (Lipinski definition) is 3. The molecule has 0 rings (SSSR count). The standard InChI is InChI=1S/C10H20N2O5/c1-4-12(7(2)6-17-3)10(16)11-5-8(13)9(14)15/h7-8,13H,4-6H2,1-3H3,(H,11,16)(H,14,15). The summed E-state index contributed by atoms with van der Waals surface area (Å²) in [6.45, 7) is 4.17. The highest BCUT2D eigenvalue weighted by Crippen LogP contribution is 1.99. The predicted molar refractivity (Wildman–Crippen MR) is 60.8 cm³/mol. The molecule has 0 fully saturated rings. The van der Waals surface area contributed by atoms with E-state index in [1.165, 1.54) is 12.0 Å². The van der Waals surface area contributed by atoms with Crippen molar-refractivity contribution in [2.45, 2.75) is 26.0 Å². The van der Waals surface area contributed by atoms with Crippen molar-refractivity contribution >= 4 is 12.0 Å². The Morgan fingerprint density at radius 1 is 1.47 bits per heavy atom. The Labute approximate surface area is 100 Å². The molecule has 0 aliphatic carbocycles. The molecule has 2 amide bonds. The SMILES string of the molecule is CCN(C(=O)NCC(O)C(=O)O)C(C)COC. The van der Waals surface area contributed by atoms with E-state index in [4.69, 9.17) is 14.9 Å². The Hall–Kier alpha value is -1.34. The number of carbonyl (C=O) groups excluding carboxylic acids is 1. The van der Waals surface area contributed by atoms with Crippen molar-refractivity contribution < 1.29 is 24.5 Å². The Morgan fingerprint density at radius 2 is 2.06 bits per heavy atom. The van der Waals surface area contributed by atoms with E-state index in [0.717, 1.165) is 0 Å². The van der Waals surface area contributed by atoms with Crippen LogP contribution in [0.3, 0.4) is 0 Å². The molecular formula is C10H20N2O5. The second-order valence-corrected chi connectivity index (χ2v) is 3.63. The van der Waals surface area contributed by atoms with E-state index in [1.54, 1.807) is 6.92 Å². The maximum Gasteiger partial charge on any atom is 0.334 e. The number of rotatable bonds is 7. The lowest BCUT2D eigenvalue weighted by Crippen LogP contribution is -2.49. The summed E-state index contributed by atoms with van der Waals surface area (Å²) in [6, 6.07) is -0.538. The van der Waals surface area contributed by atoms with E-state index in [0.29, 0.717) is 13.2 Å². The number of methoxy groups -OCH3 is 1. The maximum absolute atomic E-state index is 11.7. The van der Waals surface area contributed by atoms with Crippen molar-refractivity contribution in [3.8, 4) is 0 Å². The minimum Gasteiger partial charge on any atom is -0.479 e. The van der Waals surface area contributed by atoms with Crippen molar-refractivity contribution in [2.24, 2.45) is 0 Å². The van der Waals surface area contributed by atoms with Gasteiger partial charge in [-0.05, 0) is 13.8 Å². The first-order valence-corrected chi connectivity index (χ1v) is 5.38. The van der Waals surface area contributed by atoms with Gasteiger partial charge in [-0.2, -0.15) is 0 Å². The number of carboxylic acids is 1. The van der Waals surface area contributed by atoms with Gasteiger partial charge in [-0.25, -0.2) is 9.59 Å². The summed E-state index contributed by atoms with van der Waals surface area (Å²) in [4.78, 5) is 23.5. The molecule has 0 spiro atoms. The molecule has 7 nitrogen and oxygen atoms in total. The van der Waals surface area contributed by atoms with Crippen molar-refractivity contribution in [3.05, 3.63) is 0 Å². The van der Waals surface area contributed by atoms with Crippen LogP contribution in [-0.4, -0.2) is 66.1 Å². The quantitative estimate of drug-likeness (QED) is 0.564. The molecule has 3 N–H and O–H groups in total. The number of carbonyl (C=O) groups is 2. The largest absolute Gasteiger partial charge is 0.479 e. The smallest absolute Gasteiger partial charge is 0.334 e. The third kappa shape index (κ3) is 5.50. The van der Waals surface area contributed by atoms with Gasteiger partial charge in [0.2, 0.25) is 0 Å². The molecule has 0 radical (unpaired) electrons. The third-order valence-electron chi connectivity index (χ3n) is 2.27. The highest BCUT2D eigenvalue weighted by molar-refractivity contribution is 5.77. The molecule has 0 aromatic rings. The molecule has 0 bridgehead atoms. The summed E-state index contributed by atoms with van der Waals surface area (Å²) in [5.74, 6) is -1.36. The van der Waals surface area contributed by atoms with Crippen LogP contribution in [-0.2, 0) is 9.53 Å². The van der Waals surface area contributed by atoms with Crippen LogP contribution in [0.2, 0.25) is 0 Å². The van der Waals surface area contributed by atoms with Gasteiger partial charge in [0.25, 0.3) is 0 Å². The molecule has 2 unspecified atom stereocenters. The monoisotopic (exact) mass is 248 g/mol. The number of aliphatic carboxylic acids is 1. The van der Waals surface area contributed by atoms with Crippen molar-refractivity contribution in [1.82, 2.24) is 10.2 Å². The third-order valence-corrected chi connectivity index (χ3v) is 2.27. The van der Waals surface area contributed by atoms with Crippen LogP contribution in [0.15, 0.2) is 0 Å². The number of likely N-dealkylation sites (N-methyl/N-ethyl adjacent to an activating group) is 1. The van der Waals surface area contributed by atoms with Gasteiger partial charge in [-0.1, -0.05) is 0 Å². The van der Waals surface area contributed by atoms with Crippen LogP contribution >= 0.6 is 0 Å². The number of nitrogens with one attached hydrogen (secondary N) is 1. The summed E-state index contributed by atoms with van der Waals surface area (Å²) in [5, 5.41) is 19.8. The summed E-state index contributed by atoms with van der Waals surface area (Å²) < 4.78 is 4.94. The number of aliphatic hydroxyl groups is 1. The van der Waals surface area contributed by atoms with Crippen LogP contribution in [0.5, 0.6) is 0 Å². The molecule has 0 aliphatic rings. The summed E-state index contributed by atoms with van der Waals surface area (Å²) in [7, 11) is 1.54. The zero-order chi connectivity index (χ0) is 13.4. The van der Waals surface area contributed by atoms with E-state index in [2.05, 4.69) is 5.32 Å². The van der Waals surface area contributed by atoms with E-state index >= 15 is 0 Å². The van der Waals surface area contributed by atoms with Gasteiger partial charge in [-0.15, -0.1) is 0 Å². The van der Waals surface area contributed by atoms with E-state index in [9.17, 15) is 9.59 Å². The van der Waals surface area contributed by atoms with Crippen molar-refractivity contribution in [3.63, 3.8) is 0 Å². The number of hydrogen-bond acceptors (Lipinski definition) is 4. The molecule has 2 atom stereocenters.